The number of hydrogen-bond donors (Lipinski definition) is 1. The molecule has 1 fully saturated rings. The molecule has 4 aromatic rings. The minimum Gasteiger partial charge on any atom is -0.459 e. The standard InChI is InChI=1S/C36H37N3O7Si/c1-36(2,3)47(27-20-12-6-13-21-27,28-22-14-7-15-23-28)46-35-30(38-39-37)32(45-34(42)26-18-10-5-11-19-26)31(40)29(44-35)24-43-33(41)25-16-8-4-9-17-25/h4-23,29-32,35,40H,24H2,1-3H3. The summed E-state index contributed by atoms with van der Waals surface area (Å²) in [4.78, 5) is 29.3. The largest absolute Gasteiger partial charge is 0.459 e. The van der Waals surface area contributed by atoms with E-state index in [2.05, 4.69) is 30.8 Å². The van der Waals surface area contributed by atoms with Gasteiger partial charge in [0.05, 0.1) is 11.1 Å². The van der Waals surface area contributed by atoms with Crippen molar-refractivity contribution in [1.82, 2.24) is 0 Å². The second-order valence-corrected chi connectivity index (χ2v) is 16.5. The zero-order chi connectivity index (χ0) is 33.4. The Morgan fingerprint density at radius 3 is 1.74 bits per heavy atom. The first kappa shape index (κ1) is 33.6. The second-order valence-electron chi connectivity index (χ2n) is 12.2. The molecule has 1 N–H and O–H groups in total. The third kappa shape index (κ3) is 7.30. The van der Waals surface area contributed by atoms with E-state index in [4.69, 9.17) is 18.6 Å². The fourth-order valence-corrected chi connectivity index (χ4v) is 10.5. The molecule has 1 saturated heterocycles. The molecular weight excluding hydrogens is 614 g/mol. The number of rotatable bonds is 10. The maximum atomic E-state index is 13.3. The lowest BCUT2D eigenvalue weighted by molar-refractivity contribution is -0.241. The normalized spacial score (nSPS) is 21.2. The van der Waals surface area contributed by atoms with Crippen LogP contribution in [0.2, 0.25) is 5.04 Å². The number of carbonyl (C=O) groups excluding carboxylic acids is 2. The van der Waals surface area contributed by atoms with E-state index in [1.165, 1.54) is 0 Å². The summed E-state index contributed by atoms with van der Waals surface area (Å²) in [6.45, 7) is 5.83. The van der Waals surface area contributed by atoms with E-state index < -0.39 is 62.5 Å². The molecule has 0 radical (unpaired) electrons. The molecule has 242 valence electrons. The highest BCUT2D eigenvalue weighted by molar-refractivity contribution is 6.99. The van der Waals surface area contributed by atoms with E-state index in [1.54, 1.807) is 60.7 Å². The Kier molecular flexibility index (Phi) is 10.5. The average Bonchev–Trinajstić information content (AvgIpc) is 3.09. The van der Waals surface area contributed by atoms with Crippen LogP contribution in [0.25, 0.3) is 10.4 Å². The van der Waals surface area contributed by atoms with E-state index in [-0.39, 0.29) is 5.56 Å². The number of esters is 2. The number of ether oxygens (including phenoxy) is 3. The predicted molar refractivity (Wildman–Crippen MR) is 179 cm³/mol. The zero-order valence-electron chi connectivity index (χ0n) is 26.4. The van der Waals surface area contributed by atoms with Crippen molar-refractivity contribution in [3.8, 4) is 0 Å². The van der Waals surface area contributed by atoms with Crippen molar-refractivity contribution >= 4 is 30.6 Å². The molecule has 1 aliphatic heterocycles. The summed E-state index contributed by atoms with van der Waals surface area (Å²) in [5, 5.41) is 16.9. The van der Waals surface area contributed by atoms with E-state index in [9.17, 15) is 20.2 Å². The Balaban J connectivity index is 1.58. The fraction of sp³-hybridized carbons (Fsp3) is 0.278. The van der Waals surface area contributed by atoms with Gasteiger partial charge in [0.2, 0.25) is 0 Å². The summed E-state index contributed by atoms with van der Waals surface area (Å²) in [5.74, 6) is -1.36. The minimum absolute atomic E-state index is 0.238. The second kappa shape index (κ2) is 14.8. The van der Waals surface area contributed by atoms with Crippen molar-refractivity contribution in [2.45, 2.75) is 56.5 Å². The first-order valence-electron chi connectivity index (χ1n) is 15.3. The van der Waals surface area contributed by atoms with Gasteiger partial charge >= 0.3 is 11.9 Å². The van der Waals surface area contributed by atoms with Gasteiger partial charge in [0.25, 0.3) is 8.32 Å². The highest BCUT2D eigenvalue weighted by atomic mass is 28.4. The van der Waals surface area contributed by atoms with E-state index in [0.717, 1.165) is 10.4 Å². The van der Waals surface area contributed by atoms with Crippen molar-refractivity contribution in [3.05, 3.63) is 143 Å². The Labute approximate surface area is 274 Å². The van der Waals surface area contributed by atoms with Gasteiger partial charge in [-0.2, -0.15) is 0 Å². The fourth-order valence-electron chi connectivity index (χ4n) is 5.90. The zero-order valence-corrected chi connectivity index (χ0v) is 27.4. The molecule has 1 aliphatic rings. The molecule has 47 heavy (non-hydrogen) atoms. The summed E-state index contributed by atoms with van der Waals surface area (Å²) in [6.07, 6.45) is -5.46. The number of hydrogen-bond acceptors (Lipinski definition) is 8. The third-order valence-electron chi connectivity index (χ3n) is 8.18. The molecule has 10 nitrogen and oxygen atoms in total. The van der Waals surface area contributed by atoms with Crippen molar-refractivity contribution in [1.29, 1.82) is 0 Å². The van der Waals surface area contributed by atoms with Crippen LogP contribution in [0, 0.1) is 0 Å². The van der Waals surface area contributed by atoms with Crippen molar-refractivity contribution in [2.75, 3.05) is 6.61 Å². The van der Waals surface area contributed by atoms with Gasteiger partial charge in [-0.15, -0.1) is 0 Å². The topological polar surface area (TPSA) is 140 Å². The summed E-state index contributed by atoms with van der Waals surface area (Å²) in [5.41, 5.74) is 10.3. The molecule has 0 saturated carbocycles. The summed E-state index contributed by atoms with van der Waals surface area (Å²) < 4.78 is 25.0. The number of aliphatic hydroxyl groups excluding tert-OH is 1. The molecule has 1 heterocycles. The maximum Gasteiger partial charge on any atom is 0.338 e. The Morgan fingerprint density at radius 1 is 0.809 bits per heavy atom. The molecule has 0 amide bonds. The lowest BCUT2D eigenvalue weighted by Crippen LogP contribution is -2.71. The van der Waals surface area contributed by atoms with Crippen LogP contribution in [-0.2, 0) is 18.6 Å². The van der Waals surface area contributed by atoms with E-state index >= 15 is 0 Å². The van der Waals surface area contributed by atoms with Crippen LogP contribution in [-0.4, -0.2) is 62.6 Å². The Morgan fingerprint density at radius 2 is 1.28 bits per heavy atom. The number of nitrogens with zero attached hydrogens (tertiary/aromatic N) is 3. The number of carbonyl (C=O) groups is 2. The first-order valence-corrected chi connectivity index (χ1v) is 17.2. The van der Waals surface area contributed by atoms with Crippen LogP contribution in [0.1, 0.15) is 41.5 Å². The van der Waals surface area contributed by atoms with Gasteiger partial charge in [-0.3, -0.25) is 0 Å². The van der Waals surface area contributed by atoms with E-state index in [0.29, 0.717) is 5.56 Å². The third-order valence-corrected chi connectivity index (χ3v) is 13.2. The smallest absolute Gasteiger partial charge is 0.338 e. The first-order chi connectivity index (χ1) is 22.7. The van der Waals surface area contributed by atoms with Gasteiger partial charge in [-0.25, -0.2) is 9.59 Å². The number of azide groups is 1. The van der Waals surface area contributed by atoms with Gasteiger partial charge in [-0.05, 0) is 45.2 Å². The van der Waals surface area contributed by atoms with Crippen LogP contribution in [0.4, 0.5) is 0 Å². The average molecular weight is 652 g/mol. The predicted octanol–water partition coefficient (Wildman–Crippen LogP) is 5.41. The highest BCUT2D eigenvalue weighted by Crippen LogP contribution is 2.40. The molecular formula is C36H37N3O7Si. The molecule has 0 aromatic heterocycles. The Hall–Kier alpha value is -4.77. The lowest BCUT2D eigenvalue weighted by atomic mass is 9.97. The van der Waals surface area contributed by atoms with Crippen molar-refractivity contribution < 1.29 is 33.3 Å². The van der Waals surface area contributed by atoms with Gasteiger partial charge in [0.1, 0.15) is 31.0 Å². The summed E-state index contributed by atoms with van der Waals surface area (Å²) in [6, 6.07) is 34.9. The SMILES string of the molecule is CC(C)(C)[Si](OC1OC(COC(=O)c2ccccc2)C(O)C(OC(=O)c2ccccc2)C1N=[N+]=[N-])(c1ccccc1)c1ccccc1. The monoisotopic (exact) mass is 651 g/mol. The van der Waals surface area contributed by atoms with Gasteiger partial charge in [0, 0.05) is 4.91 Å². The molecule has 5 unspecified atom stereocenters. The van der Waals surface area contributed by atoms with Crippen LogP contribution >= 0.6 is 0 Å². The quantitative estimate of drug-likeness (QED) is 0.0795. The number of aliphatic hydroxyl groups is 1. The van der Waals surface area contributed by atoms with Crippen molar-refractivity contribution in [3.63, 3.8) is 0 Å². The lowest BCUT2D eigenvalue weighted by Gasteiger charge is -2.49. The van der Waals surface area contributed by atoms with Crippen LogP contribution in [0.5, 0.6) is 0 Å². The van der Waals surface area contributed by atoms with Gasteiger partial charge in [0.15, 0.2) is 6.29 Å². The van der Waals surface area contributed by atoms with E-state index in [1.807, 2.05) is 60.7 Å². The van der Waals surface area contributed by atoms with Crippen molar-refractivity contribution in [2.24, 2.45) is 5.11 Å². The molecule has 0 spiro atoms. The maximum absolute atomic E-state index is 13.3. The highest BCUT2D eigenvalue weighted by Gasteiger charge is 2.56. The van der Waals surface area contributed by atoms with Crippen LogP contribution < -0.4 is 10.4 Å². The number of benzene rings is 4. The molecule has 0 bridgehead atoms. The van der Waals surface area contributed by atoms with Crippen LogP contribution in [0.15, 0.2) is 126 Å². The van der Waals surface area contributed by atoms with Gasteiger partial charge < -0.3 is 23.7 Å². The molecule has 11 heteroatoms. The minimum atomic E-state index is -3.33. The van der Waals surface area contributed by atoms with Crippen LogP contribution in [0.3, 0.4) is 0 Å². The van der Waals surface area contributed by atoms with Gasteiger partial charge in [-0.1, -0.05) is 123 Å². The molecule has 4 aromatic carbocycles. The summed E-state index contributed by atoms with van der Waals surface area (Å²) >= 11 is 0. The molecule has 5 atom stereocenters. The Bertz CT molecular complexity index is 1640. The molecule has 0 aliphatic carbocycles. The molecule has 5 rings (SSSR count). The summed E-state index contributed by atoms with van der Waals surface area (Å²) in [7, 11) is -3.33.